The zero-order valence-electron chi connectivity index (χ0n) is 5.98. The number of rotatable bonds is 1. The second kappa shape index (κ2) is 8.15. The summed E-state index contributed by atoms with van der Waals surface area (Å²) < 4.78 is 3.74. The Morgan fingerprint density at radius 2 is 1.45 bits per heavy atom. The molecule has 0 aliphatic heterocycles. The fraction of sp³-hybridized carbons (Fsp3) is 0.667. The first-order chi connectivity index (χ1) is 4.29. The minimum atomic E-state index is -4.13. The van der Waals surface area contributed by atoms with Gasteiger partial charge in [-0.05, 0) is 0 Å². The zero-order chi connectivity index (χ0) is 8.78. The first-order valence-corrected chi connectivity index (χ1v) is 3.96. The van der Waals surface area contributed by atoms with E-state index in [1.54, 1.807) is 0 Å². The second-order valence-electron chi connectivity index (χ2n) is 1.30. The Kier molecular flexibility index (Phi) is 12.8. The Morgan fingerprint density at radius 3 is 1.45 bits per heavy atom. The molecule has 0 amide bonds. The predicted molar refractivity (Wildman–Crippen MR) is 32.7 cm³/mol. The first-order valence-electron chi connectivity index (χ1n) is 2.21. The quantitative estimate of drug-likeness (QED) is 0.389. The van der Waals surface area contributed by atoms with Crippen LogP contribution in [0.5, 0.6) is 0 Å². The average molecular weight is 225 g/mol. The summed E-state index contributed by atoms with van der Waals surface area (Å²) in [5.41, 5.74) is 0. The van der Waals surface area contributed by atoms with Gasteiger partial charge in [-0.25, -0.2) is 0 Å². The van der Waals surface area contributed by atoms with Crippen LogP contribution in [-0.2, 0) is 26.3 Å². The summed E-state index contributed by atoms with van der Waals surface area (Å²) in [6.07, 6.45) is 0. The number of hydrogen-bond acceptors (Lipinski definition) is 5. The Morgan fingerprint density at radius 1 is 1.36 bits per heavy atom. The maximum atomic E-state index is 9.00. The maximum absolute atomic E-state index is 9.00. The van der Waals surface area contributed by atoms with Gasteiger partial charge in [-0.15, -0.1) is 0 Å². The fourth-order valence-electron chi connectivity index (χ4n) is 0. The van der Waals surface area contributed by atoms with Crippen molar-refractivity contribution in [1.29, 1.82) is 0 Å². The van der Waals surface area contributed by atoms with Gasteiger partial charge in [0.25, 0.3) is 5.97 Å². The van der Waals surface area contributed by atoms with Gasteiger partial charge in [0.1, 0.15) is 0 Å². The summed E-state index contributed by atoms with van der Waals surface area (Å²) >= 11 is 0. The van der Waals surface area contributed by atoms with Crippen LogP contribution in [0.25, 0.3) is 0 Å². The standard InChI is InChI=1S/C2H4O2.CH6O4Si.Mn/c1-2(3)4;1-5-6(2,3)4;/h1H3,(H,3,4);2-4H,1H3;. The molecule has 0 aromatic rings. The summed E-state index contributed by atoms with van der Waals surface area (Å²) in [5.74, 6) is -0.833. The van der Waals surface area contributed by atoms with Crippen molar-refractivity contribution in [3.05, 3.63) is 0 Å². The van der Waals surface area contributed by atoms with Gasteiger partial charge in [0, 0.05) is 31.1 Å². The minimum Gasteiger partial charge on any atom is -0.481 e. The molecule has 0 heterocycles. The Bertz CT molecular complexity index is 96.5. The van der Waals surface area contributed by atoms with Gasteiger partial charge in [0.05, 0.1) is 0 Å². The summed E-state index contributed by atoms with van der Waals surface area (Å²) in [7, 11) is -3.11. The van der Waals surface area contributed by atoms with E-state index in [2.05, 4.69) is 4.43 Å². The topological polar surface area (TPSA) is 107 Å². The van der Waals surface area contributed by atoms with Crippen LogP contribution < -0.4 is 0 Å². The van der Waals surface area contributed by atoms with Crippen LogP contribution in [0.2, 0.25) is 0 Å². The van der Waals surface area contributed by atoms with E-state index in [0.29, 0.717) is 0 Å². The Balaban J connectivity index is -0.000000114. The number of carbonyl (C=O) groups is 1. The van der Waals surface area contributed by atoms with Crippen molar-refractivity contribution in [2.24, 2.45) is 0 Å². The van der Waals surface area contributed by atoms with Crippen molar-refractivity contribution in [2.45, 2.75) is 6.92 Å². The molecule has 0 saturated heterocycles. The van der Waals surface area contributed by atoms with E-state index in [-0.39, 0.29) is 17.1 Å². The number of aliphatic carboxylic acids is 1. The summed E-state index contributed by atoms with van der Waals surface area (Å²) in [6.45, 7) is 1.08. The molecule has 0 rings (SSSR count). The molecular formula is C3H10MnO6Si. The van der Waals surface area contributed by atoms with Gasteiger partial charge >= 0.3 is 9.05 Å². The second-order valence-corrected chi connectivity index (χ2v) is 2.85. The van der Waals surface area contributed by atoms with E-state index >= 15 is 0 Å². The van der Waals surface area contributed by atoms with Crippen molar-refractivity contribution < 1.29 is 45.8 Å². The van der Waals surface area contributed by atoms with Crippen LogP contribution >= 0.6 is 0 Å². The van der Waals surface area contributed by atoms with Crippen LogP contribution in [0.3, 0.4) is 0 Å². The molecule has 11 heavy (non-hydrogen) atoms. The van der Waals surface area contributed by atoms with E-state index < -0.39 is 15.0 Å². The Hall–Kier alpha value is 0.0464. The SMILES string of the molecule is CC(=O)O.CO[Si](O)(O)O.[Mn]. The van der Waals surface area contributed by atoms with Crippen LogP contribution in [0.1, 0.15) is 6.92 Å². The van der Waals surface area contributed by atoms with Crippen LogP contribution in [-0.4, -0.2) is 41.6 Å². The number of carboxylic acids is 1. The molecule has 0 bridgehead atoms. The third-order valence-corrected chi connectivity index (χ3v) is 0.822. The normalized spacial score (nSPS) is 8.82. The molecule has 69 valence electrons. The van der Waals surface area contributed by atoms with Gasteiger partial charge in [-0.2, -0.15) is 0 Å². The fourth-order valence-corrected chi connectivity index (χ4v) is 0. The predicted octanol–water partition coefficient (Wildman–Crippen LogP) is -1.87. The van der Waals surface area contributed by atoms with Crippen LogP contribution in [0.4, 0.5) is 0 Å². The van der Waals surface area contributed by atoms with Crippen molar-refractivity contribution in [2.75, 3.05) is 7.11 Å². The van der Waals surface area contributed by atoms with Gasteiger partial charge in [0.2, 0.25) is 0 Å². The van der Waals surface area contributed by atoms with Gasteiger partial charge in [-0.3, -0.25) is 4.79 Å². The largest absolute Gasteiger partial charge is 0.671 e. The van der Waals surface area contributed by atoms with E-state index in [9.17, 15) is 0 Å². The van der Waals surface area contributed by atoms with Crippen molar-refractivity contribution in [3.63, 3.8) is 0 Å². The van der Waals surface area contributed by atoms with Gasteiger partial charge < -0.3 is 23.9 Å². The van der Waals surface area contributed by atoms with E-state index in [1.165, 1.54) is 0 Å². The third-order valence-electron chi connectivity index (χ3n) is 0.274. The molecule has 8 heteroatoms. The minimum absolute atomic E-state index is 0. The van der Waals surface area contributed by atoms with Gasteiger partial charge in [0.15, 0.2) is 0 Å². The molecule has 0 spiro atoms. The number of hydrogen-bond donors (Lipinski definition) is 4. The zero-order valence-corrected chi connectivity index (χ0v) is 8.16. The molecule has 0 aromatic carbocycles. The molecule has 1 radical (unpaired) electrons. The van der Waals surface area contributed by atoms with Crippen molar-refractivity contribution in [3.8, 4) is 0 Å². The molecule has 6 nitrogen and oxygen atoms in total. The van der Waals surface area contributed by atoms with Crippen LogP contribution in [0, 0.1) is 0 Å². The van der Waals surface area contributed by atoms with Crippen LogP contribution in [0.15, 0.2) is 0 Å². The molecule has 0 atom stereocenters. The van der Waals surface area contributed by atoms with E-state index in [4.69, 9.17) is 24.3 Å². The van der Waals surface area contributed by atoms with Crippen molar-refractivity contribution in [1.82, 2.24) is 0 Å². The van der Waals surface area contributed by atoms with Gasteiger partial charge in [-0.1, -0.05) is 0 Å². The smallest absolute Gasteiger partial charge is 0.481 e. The first kappa shape index (κ1) is 17.2. The molecule has 0 aliphatic rings. The molecule has 4 N–H and O–H groups in total. The Labute approximate surface area is 75.4 Å². The molecular weight excluding hydrogens is 215 g/mol. The van der Waals surface area contributed by atoms with E-state index in [1.807, 2.05) is 0 Å². The molecule has 0 aromatic heterocycles. The van der Waals surface area contributed by atoms with Crippen molar-refractivity contribution >= 4 is 15.0 Å². The van der Waals surface area contributed by atoms with E-state index in [0.717, 1.165) is 14.0 Å². The summed E-state index contributed by atoms with van der Waals surface area (Å²) in [5, 5.41) is 7.42. The molecule has 0 fully saturated rings. The summed E-state index contributed by atoms with van der Waals surface area (Å²) in [6, 6.07) is 0. The molecule has 0 aliphatic carbocycles. The molecule has 0 saturated carbocycles. The maximum Gasteiger partial charge on any atom is 0.671 e. The summed E-state index contributed by atoms with van der Waals surface area (Å²) in [4.78, 5) is 32.6. The number of carboxylic acid groups (broad SMARTS) is 1. The monoisotopic (exact) mass is 225 g/mol. The molecule has 0 unspecified atom stereocenters. The third kappa shape index (κ3) is 70.1. The average Bonchev–Trinajstić information content (AvgIpc) is 1.63.